The largest absolute Gasteiger partial charge is 0.495 e. The van der Waals surface area contributed by atoms with Gasteiger partial charge in [-0.3, -0.25) is 4.79 Å². The van der Waals surface area contributed by atoms with Gasteiger partial charge in [-0.05, 0) is 68.0 Å². The number of Topliss-reactive ketones (excluding diaryl/α,β-unsaturated/α-hetero) is 1. The Hall–Kier alpha value is -2.40. The molecule has 0 aromatic heterocycles. The van der Waals surface area contributed by atoms with Crippen LogP contribution >= 0.6 is 12.2 Å². The number of hydrogen-bond donors (Lipinski definition) is 2. The molecule has 0 fully saturated rings. The normalized spacial score (nSPS) is 9.95. The third kappa shape index (κ3) is 4.05. The zero-order valence-electron chi connectivity index (χ0n) is 12.8. The molecule has 0 unspecified atom stereocenters. The van der Waals surface area contributed by atoms with Gasteiger partial charge in [-0.2, -0.15) is 0 Å². The van der Waals surface area contributed by atoms with Gasteiger partial charge >= 0.3 is 0 Å². The van der Waals surface area contributed by atoms with Gasteiger partial charge in [0.1, 0.15) is 5.75 Å². The molecule has 0 aliphatic rings. The van der Waals surface area contributed by atoms with Crippen LogP contribution in [0.3, 0.4) is 0 Å². The number of ketones is 1. The first-order valence-electron chi connectivity index (χ1n) is 6.83. The average Bonchev–Trinajstić information content (AvgIpc) is 2.48. The molecule has 0 aliphatic heterocycles. The number of anilines is 2. The second kappa shape index (κ2) is 7.04. The maximum atomic E-state index is 11.3. The van der Waals surface area contributed by atoms with Crippen LogP contribution in [-0.2, 0) is 0 Å². The summed E-state index contributed by atoms with van der Waals surface area (Å²) in [4.78, 5) is 11.3. The number of aryl methyl sites for hydroxylation is 1. The first-order valence-corrected chi connectivity index (χ1v) is 7.24. The second-order valence-electron chi connectivity index (χ2n) is 4.92. The van der Waals surface area contributed by atoms with Crippen molar-refractivity contribution in [1.29, 1.82) is 0 Å². The van der Waals surface area contributed by atoms with E-state index in [1.807, 2.05) is 37.3 Å². The van der Waals surface area contributed by atoms with Crippen LogP contribution in [0.2, 0.25) is 0 Å². The molecule has 2 aromatic rings. The lowest BCUT2D eigenvalue weighted by Crippen LogP contribution is -2.19. The highest BCUT2D eigenvalue weighted by Crippen LogP contribution is 2.25. The van der Waals surface area contributed by atoms with Gasteiger partial charge in [-0.15, -0.1) is 0 Å². The van der Waals surface area contributed by atoms with Crippen molar-refractivity contribution in [2.45, 2.75) is 13.8 Å². The third-order valence-electron chi connectivity index (χ3n) is 3.15. The number of carbonyl (C=O) groups is 1. The molecule has 0 bridgehead atoms. The molecule has 5 heteroatoms. The van der Waals surface area contributed by atoms with Crippen LogP contribution < -0.4 is 15.4 Å². The Morgan fingerprint density at radius 1 is 1.09 bits per heavy atom. The Labute approximate surface area is 135 Å². The number of methoxy groups -OCH3 is 1. The first-order chi connectivity index (χ1) is 10.5. The minimum Gasteiger partial charge on any atom is -0.495 e. The van der Waals surface area contributed by atoms with Gasteiger partial charge in [0.25, 0.3) is 0 Å². The Morgan fingerprint density at radius 3 is 2.36 bits per heavy atom. The summed E-state index contributed by atoms with van der Waals surface area (Å²) < 4.78 is 5.31. The standard InChI is InChI=1S/C17H18N2O2S/c1-11-4-9-16(21-3)15(10-11)19-17(22)18-14-7-5-13(6-8-14)12(2)20/h4-10H,1-3H3,(H2,18,19,22). The smallest absolute Gasteiger partial charge is 0.175 e. The van der Waals surface area contributed by atoms with Gasteiger partial charge < -0.3 is 15.4 Å². The highest BCUT2D eigenvalue weighted by atomic mass is 32.1. The summed E-state index contributed by atoms with van der Waals surface area (Å²) in [5.74, 6) is 0.762. The first kappa shape index (κ1) is 16.0. The van der Waals surface area contributed by atoms with E-state index in [2.05, 4.69) is 10.6 Å². The number of carbonyl (C=O) groups excluding carboxylic acids is 1. The average molecular weight is 314 g/mol. The van der Waals surface area contributed by atoms with E-state index in [4.69, 9.17) is 17.0 Å². The zero-order valence-corrected chi connectivity index (χ0v) is 13.6. The summed E-state index contributed by atoms with van der Waals surface area (Å²) in [6, 6.07) is 13.0. The second-order valence-corrected chi connectivity index (χ2v) is 5.32. The number of hydrogen-bond acceptors (Lipinski definition) is 3. The topological polar surface area (TPSA) is 50.4 Å². The van der Waals surface area contributed by atoms with E-state index in [1.165, 1.54) is 0 Å². The summed E-state index contributed by atoms with van der Waals surface area (Å²) in [6.07, 6.45) is 0. The van der Waals surface area contributed by atoms with Crippen LogP contribution in [0, 0.1) is 6.92 Å². The van der Waals surface area contributed by atoms with Crippen LogP contribution in [0.1, 0.15) is 22.8 Å². The lowest BCUT2D eigenvalue weighted by Gasteiger charge is -2.14. The molecule has 0 radical (unpaired) electrons. The van der Waals surface area contributed by atoms with E-state index < -0.39 is 0 Å². The van der Waals surface area contributed by atoms with E-state index in [0.717, 1.165) is 22.7 Å². The van der Waals surface area contributed by atoms with E-state index in [0.29, 0.717) is 10.7 Å². The van der Waals surface area contributed by atoms with E-state index in [-0.39, 0.29) is 5.78 Å². The Balaban J connectivity index is 2.07. The van der Waals surface area contributed by atoms with Crippen LogP contribution in [0.15, 0.2) is 42.5 Å². The number of ether oxygens (including phenoxy) is 1. The Bertz CT molecular complexity index is 696. The van der Waals surface area contributed by atoms with Crippen LogP contribution in [0.25, 0.3) is 0 Å². The highest BCUT2D eigenvalue weighted by Gasteiger charge is 2.06. The zero-order chi connectivity index (χ0) is 16.1. The minimum absolute atomic E-state index is 0.0387. The summed E-state index contributed by atoms with van der Waals surface area (Å²) in [6.45, 7) is 3.54. The molecular formula is C17H18N2O2S. The van der Waals surface area contributed by atoms with Crippen molar-refractivity contribution in [2.75, 3.05) is 17.7 Å². The van der Waals surface area contributed by atoms with Crippen LogP contribution in [0.5, 0.6) is 5.75 Å². The van der Waals surface area contributed by atoms with Gasteiger partial charge in [0.15, 0.2) is 10.9 Å². The molecular weight excluding hydrogens is 296 g/mol. The molecule has 0 amide bonds. The summed E-state index contributed by atoms with van der Waals surface area (Å²) >= 11 is 5.31. The van der Waals surface area contributed by atoms with E-state index >= 15 is 0 Å². The fourth-order valence-electron chi connectivity index (χ4n) is 1.99. The van der Waals surface area contributed by atoms with Crippen molar-refractivity contribution in [3.63, 3.8) is 0 Å². The molecule has 0 aliphatic carbocycles. The molecule has 0 spiro atoms. The van der Waals surface area contributed by atoms with Gasteiger partial charge in [-0.25, -0.2) is 0 Å². The van der Waals surface area contributed by atoms with Crippen molar-refractivity contribution in [3.05, 3.63) is 53.6 Å². The lowest BCUT2D eigenvalue weighted by atomic mass is 10.1. The molecule has 4 nitrogen and oxygen atoms in total. The molecule has 0 saturated carbocycles. The molecule has 0 atom stereocenters. The molecule has 0 saturated heterocycles. The predicted molar refractivity (Wildman–Crippen MR) is 94.0 cm³/mol. The quantitative estimate of drug-likeness (QED) is 0.659. The molecule has 114 valence electrons. The lowest BCUT2D eigenvalue weighted by molar-refractivity contribution is 0.101. The van der Waals surface area contributed by atoms with Gasteiger partial charge in [0, 0.05) is 11.3 Å². The maximum absolute atomic E-state index is 11.3. The van der Waals surface area contributed by atoms with Crippen molar-refractivity contribution in [2.24, 2.45) is 0 Å². The monoisotopic (exact) mass is 314 g/mol. The number of thiocarbonyl (C=S) groups is 1. The summed E-state index contributed by atoms with van der Waals surface area (Å²) in [5.41, 5.74) is 3.40. The number of rotatable bonds is 4. The van der Waals surface area contributed by atoms with Crippen molar-refractivity contribution in [1.82, 2.24) is 0 Å². The minimum atomic E-state index is 0.0387. The van der Waals surface area contributed by atoms with Crippen LogP contribution in [0.4, 0.5) is 11.4 Å². The van der Waals surface area contributed by atoms with Crippen molar-refractivity contribution < 1.29 is 9.53 Å². The van der Waals surface area contributed by atoms with Gasteiger partial charge in [0.2, 0.25) is 0 Å². The molecule has 2 N–H and O–H groups in total. The SMILES string of the molecule is COc1ccc(C)cc1NC(=S)Nc1ccc(C(C)=O)cc1. The molecule has 22 heavy (non-hydrogen) atoms. The van der Waals surface area contributed by atoms with Gasteiger partial charge in [-0.1, -0.05) is 6.07 Å². The summed E-state index contributed by atoms with van der Waals surface area (Å²) in [5, 5.41) is 6.66. The Morgan fingerprint density at radius 2 is 1.77 bits per heavy atom. The molecule has 2 rings (SSSR count). The third-order valence-corrected chi connectivity index (χ3v) is 3.36. The van der Waals surface area contributed by atoms with Crippen molar-refractivity contribution in [3.8, 4) is 5.75 Å². The maximum Gasteiger partial charge on any atom is 0.175 e. The Kier molecular flexibility index (Phi) is 5.12. The predicted octanol–water partition coefficient (Wildman–Crippen LogP) is 4.02. The molecule has 2 aromatic carbocycles. The molecule has 0 heterocycles. The fraction of sp³-hybridized carbons (Fsp3) is 0.176. The van der Waals surface area contributed by atoms with E-state index in [9.17, 15) is 4.79 Å². The highest BCUT2D eigenvalue weighted by molar-refractivity contribution is 7.80. The fourth-order valence-corrected chi connectivity index (χ4v) is 2.22. The van der Waals surface area contributed by atoms with Crippen molar-refractivity contribution >= 4 is 34.5 Å². The number of benzene rings is 2. The van der Waals surface area contributed by atoms with Gasteiger partial charge in [0.05, 0.1) is 12.8 Å². The number of nitrogens with one attached hydrogen (secondary N) is 2. The summed E-state index contributed by atoms with van der Waals surface area (Å²) in [7, 11) is 1.62. The van der Waals surface area contributed by atoms with E-state index in [1.54, 1.807) is 26.2 Å². The van der Waals surface area contributed by atoms with Crippen LogP contribution in [-0.4, -0.2) is 18.0 Å².